The molecule has 5 N–H and O–H groups in total. The van der Waals surface area contributed by atoms with Crippen LogP contribution in [0.4, 0.5) is 0 Å². The van der Waals surface area contributed by atoms with E-state index in [1.54, 1.807) is 31.2 Å². The third-order valence-electron chi connectivity index (χ3n) is 5.66. The minimum atomic E-state index is -0.267. The lowest BCUT2D eigenvalue weighted by Crippen LogP contribution is -2.44. The molecule has 2 aliphatic rings. The zero-order valence-electron chi connectivity index (χ0n) is 19.9. The molecule has 2 aromatic carbocycles. The summed E-state index contributed by atoms with van der Waals surface area (Å²) in [5.74, 6) is 0.243. The number of phenols is 1. The lowest BCUT2D eigenvalue weighted by molar-refractivity contribution is -0.114. The van der Waals surface area contributed by atoms with E-state index in [2.05, 4.69) is 21.3 Å². The van der Waals surface area contributed by atoms with Crippen molar-refractivity contribution in [2.75, 3.05) is 0 Å². The molecule has 9 heteroatoms. The Balaban J connectivity index is 0.000000196. The summed E-state index contributed by atoms with van der Waals surface area (Å²) >= 11 is 10.2. The van der Waals surface area contributed by atoms with Crippen LogP contribution in [-0.2, 0) is 9.59 Å². The van der Waals surface area contributed by atoms with Gasteiger partial charge in [-0.1, -0.05) is 42.5 Å². The van der Waals surface area contributed by atoms with E-state index in [0.717, 1.165) is 28.1 Å². The number of thiocarbonyl (C=S) groups is 2. The van der Waals surface area contributed by atoms with E-state index in [9.17, 15) is 14.7 Å². The molecule has 2 aliphatic heterocycles. The van der Waals surface area contributed by atoms with Crippen LogP contribution in [0.1, 0.15) is 50.9 Å². The maximum Gasteiger partial charge on any atom is 0.171 e. The number of allylic oxidation sites excluding steroid dienone is 2. The maximum atomic E-state index is 11.7. The number of Topliss-reactive ketones (excluding diaryl/α,β-unsaturated/α-hetero) is 2. The van der Waals surface area contributed by atoms with Gasteiger partial charge in [-0.3, -0.25) is 9.59 Å². The van der Waals surface area contributed by atoms with Gasteiger partial charge in [0.2, 0.25) is 0 Å². The molecule has 35 heavy (non-hydrogen) atoms. The molecule has 0 aromatic heterocycles. The highest BCUT2D eigenvalue weighted by Gasteiger charge is 2.28. The van der Waals surface area contributed by atoms with Crippen LogP contribution in [0.15, 0.2) is 77.1 Å². The normalized spacial score (nSPS) is 19.4. The first-order valence-corrected chi connectivity index (χ1v) is 11.8. The molecule has 0 amide bonds. The number of carbonyl (C=O) groups is 2. The Bertz CT molecular complexity index is 1220. The average molecular weight is 509 g/mol. The molecular formula is C26H28N4O3S2. The lowest BCUT2D eigenvalue weighted by atomic mass is 9.93. The highest BCUT2D eigenvalue weighted by Crippen LogP contribution is 2.28. The first-order valence-electron chi connectivity index (χ1n) is 11.0. The van der Waals surface area contributed by atoms with Crippen LogP contribution in [-0.4, -0.2) is 26.9 Å². The number of ketones is 2. The number of hydrogen-bond acceptors (Lipinski definition) is 5. The minimum absolute atomic E-state index is 0.00641. The van der Waals surface area contributed by atoms with Crippen molar-refractivity contribution in [3.05, 3.63) is 88.3 Å². The second-order valence-electron chi connectivity index (χ2n) is 8.25. The standard InChI is InChI=1S/C13H14N2O2S.C13H14N2OS/c1-7-11(8(2)16)12(15-13(18)14-7)9-3-5-10(17)6-4-9;1-8-11(9(2)16)12(15-13(17)14-8)10-6-4-3-5-7-10/h3-6,12,17H,1-2H3,(H2,14,15,18);3-7,12H,1-2H3,(H2,14,15,17). The van der Waals surface area contributed by atoms with Gasteiger partial charge in [-0.05, 0) is 75.4 Å². The highest BCUT2D eigenvalue weighted by molar-refractivity contribution is 7.80. The van der Waals surface area contributed by atoms with Crippen LogP contribution in [0, 0.1) is 0 Å². The second-order valence-corrected chi connectivity index (χ2v) is 9.07. The SMILES string of the molecule is CC(=O)C1=C(C)NC(=S)NC1c1ccc(O)cc1.CC(=O)C1=C(C)NC(=S)NC1c1ccccc1. The van der Waals surface area contributed by atoms with E-state index in [1.165, 1.54) is 6.92 Å². The summed E-state index contributed by atoms with van der Waals surface area (Å²) in [5, 5.41) is 22.5. The van der Waals surface area contributed by atoms with Gasteiger partial charge in [0.05, 0.1) is 12.1 Å². The summed E-state index contributed by atoms with van der Waals surface area (Å²) in [6, 6.07) is 16.2. The number of rotatable bonds is 4. The predicted molar refractivity (Wildman–Crippen MR) is 145 cm³/mol. The van der Waals surface area contributed by atoms with Gasteiger partial charge in [-0.25, -0.2) is 0 Å². The number of carbonyl (C=O) groups excluding carboxylic acids is 2. The topological polar surface area (TPSA) is 102 Å². The smallest absolute Gasteiger partial charge is 0.171 e. The highest BCUT2D eigenvalue weighted by atomic mass is 32.1. The van der Waals surface area contributed by atoms with Crippen molar-refractivity contribution in [1.82, 2.24) is 21.3 Å². The number of aromatic hydroxyl groups is 1. The van der Waals surface area contributed by atoms with E-state index in [1.807, 2.05) is 44.2 Å². The number of phenolic OH excluding ortho intramolecular Hbond substituents is 1. The molecule has 0 aliphatic carbocycles. The van der Waals surface area contributed by atoms with Gasteiger partial charge in [0.1, 0.15) is 5.75 Å². The molecular weight excluding hydrogens is 480 g/mol. The van der Waals surface area contributed by atoms with Crippen molar-refractivity contribution in [2.45, 2.75) is 39.8 Å². The van der Waals surface area contributed by atoms with E-state index >= 15 is 0 Å². The Kier molecular flexibility index (Phi) is 8.37. The predicted octanol–water partition coefficient (Wildman–Crippen LogP) is 3.84. The fourth-order valence-corrected chi connectivity index (χ4v) is 4.68. The van der Waals surface area contributed by atoms with E-state index < -0.39 is 0 Å². The largest absolute Gasteiger partial charge is 0.508 e. The van der Waals surface area contributed by atoms with Gasteiger partial charge < -0.3 is 26.4 Å². The summed E-state index contributed by atoms with van der Waals surface area (Å²) in [5.41, 5.74) is 4.93. The minimum Gasteiger partial charge on any atom is -0.508 e. The van der Waals surface area contributed by atoms with Gasteiger partial charge in [0.25, 0.3) is 0 Å². The molecule has 182 valence electrons. The molecule has 4 rings (SSSR count). The molecule has 2 atom stereocenters. The second kappa shape index (κ2) is 11.2. The Hall–Kier alpha value is -3.56. The van der Waals surface area contributed by atoms with E-state index in [4.69, 9.17) is 24.4 Å². The van der Waals surface area contributed by atoms with Gasteiger partial charge in [-0.15, -0.1) is 0 Å². The van der Waals surface area contributed by atoms with Gasteiger partial charge in [0, 0.05) is 22.5 Å². The molecule has 0 saturated carbocycles. The summed E-state index contributed by atoms with van der Waals surface area (Å²) in [4.78, 5) is 23.5. The van der Waals surface area contributed by atoms with Crippen LogP contribution < -0.4 is 21.3 Å². The molecule has 0 spiro atoms. The van der Waals surface area contributed by atoms with Crippen molar-refractivity contribution in [1.29, 1.82) is 0 Å². The van der Waals surface area contributed by atoms with E-state index in [0.29, 0.717) is 15.8 Å². The number of benzene rings is 2. The van der Waals surface area contributed by atoms with Crippen LogP contribution in [0.3, 0.4) is 0 Å². The quantitative estimate of drug-likeness (QED) is 0.394. The van der Waals surface area contributed by atoms with E-state index in [-0.39, 0.29) is 29.4 Å². The number of nitrogens with one attached hydrogen (secondary N) is 4. The van der Waals surface area contributed by atoms with Crippen LogP contribution in [0.25, 0.3) is 0 Å². The van der Waals surface area contributed by atoms with Crippen molar-refractivity contribution in [3.8, 4) is 5.75 Å². The summed E-state index contributed by atoms with van der Waals surface area (Å²) in [6.45, 7) is 6.81. The van der Waals surface area contributed by atoms with Crippen LogP contribution in [0.5, 0.6) is 5.75 Å². The Labute approximate surface area is 215 Å². The van der Waals surface area contributed by atoms with Gasteiger partial charge in [-0.2, -0.15) is 0 Å². The molecule has 0 radical (unpaired) electrons. The van der Waals surface area contributed by atoms with Crippen LogP contribution in [0.2, 0.25) is 0 Å². The van der Waals surface area contributed by atoms with Crippen molar-refractivity contribution >= 4 is 46.2 Å². The molecule has 2 unspecified atom stereocenters. The third-order valence-corrected chi connectivity index (χ3v) is 6.10. The Morgan fingerprint density at radius 2 is 1.11 bits per heavy atom. The van der Waals surface area contributed by atoms with Crippen molar-refractivity contribution < 1.29 is 14.7 Å². The van der Waals surface area contributed by atoms with Gasteiger partial charge >= 0.3 is 0 Å². The molecule has 0 fully saturated rings. The fourth-order valence-electron chi connectivity index (χ4n) is 4.13. The average Bonchev–Trinajstić information content (AvgIpc) is 2.79. The van der Waals surface area contributed by atoms with Crippen molar-refractivity contribution in [3.63, 3.8) is 0 Å². The first-order chi connectivity index (χ1) is 16.6. The lowest BCUT2D eigenvalue weighted by Gasteiger charge is -2.29. The molecule has 0 bridgehead atoms. The molecule has 7 nitrogen and oxygen atoms in total. The molecule has 2 heterocycles. The van der Waals surface area contributed by atoms with Crippen molar-refractivity contribution in [2.24, 2.45) is 0 Å². The molecule has 0 saturated heterocycles. The number of hydrogen-bond donors (Lipinski definition) is 5. The zero-order chi connectivity index (χ0) is 25.7. The summed E-state index contributed by atoms with van der Waals surface area (Å²) in [6.07, 6.45) is 0. The summed E-state index contributed by atoms with van der Waals surface area (Å²) in [7, 11) is 0. The monoisotopic (exact) mass is 508 g/mol. The zero-order valence-corrected chi connectivity index (χ0v) is 21.6. The molecule has 2 aromatic rings. The Morgan fingerprint density at radius 1 is 0.714 bits per heavy atom. The summed E-state index contributed by atoms with van der Waals surface area (Å²) < 4.78 is 0. The Morgan fingerprint density at radius 3 is 1.51 bits per heavy atom. The fraction of sp³-hybridized carbons (Fsp3) is 0.231. The maximum absolute atomic E-state index is 11.7. The van der Waals surface area contributed by atoms with Crippen LogP contribution >= 0.6 is 24.4 Å². The first kappa shape index (κ1) is 26.1. The third kappa shape index (κ3) is 6.32. The van der Waals surface area contributed by atoms with Gasteiger partial charge in [0.15, 0.2) is 21.8 Å².